The van der Waals surface area contributed by atoms with E-state index in [2.05, 4.69) is 53.2 Å². The first-order chi connectivity index (χ1) is 8.16. The molecule has 0 spiro atoms. The summed E-state index contributed by atoms with van der Waals surface area (Å²) in [6, 6.07) is 14.6. The fraction of sp³-hybridized carbons (Fsp3) is 0.200. The lowest BCUT2D eigenvalue weighted by Gasteiger charge is -2.08. The van der Waals surface area contributed by atoms with Crippen LogP contribution in [0.2, 0.25) is 0 Å². The second-order valence-corrected chi connectivity index (χ2v) is 5.15. The molecule has 0 aliphatic heterocycles. The van der Waals surface area contributed by atoms with Gasteiger partial charge in [-0.2, -0.15) is 0 Å². The van der Waals surface area contributed by atoms with Crippen LogP contribution in [0.1, 0.15) is 16.7 Å². The minimum absolute atomic E-state index is 0.900. The molecule has 0 bridgehead atoms. The second-order valence-electron chi connectivity index (χ2n) is 4.29. The number of hydrogen-bond acceptors (Lipinski definition) is 1. The van der Waals surface area contributed by atoms with Gasteiger partial charge in [0.05, 0.1) is 0 Å². The summed E-state index contributed by atoms with van der Waals surface area (Å²) in [5.74, 6) is 0. The molecular formula is C15H16BrN. The molecule has 2 heteroatoms. The van der Waals surface area contributed by atoms with Gasteiger partial charge >= 0.3 is 0 Å². The number of benzene rings is 2. The van der Waals surface area contributed by atoms with E-state index in [-0.39, 0.29) is 0 Å². The Balaban J connectivity index is 2.10. The Kier molecular flexibility index (Phi) is 3.85. The van der Waals surface area contributed by atoms with Gasteiger partial charge in [0.25, 0.3) is 0 Å². The van der Waals surface area contributed by atoms with Crippen molar-refractivity contribution < 1.29 is 0 Å². The maximum atomic E-state index is 6.01. The molecule has 0 unspecified atom stereocenters. The molecule has 0 heterocycles. The first-order valence-electron chi connectivity index (χ1n) is 5.75. The highest BCUT2D eigenvalue weighted by atomic mass is 79.9. The molecule has 0 aromatic heterocycles. The zero-order valence-electron chi connectivity index (χ0n) is 9.91. The number of aryl methyl sites for hydroxylation is 3. The Morgan fingerprint density at radius 3 is 2.41 bits per heavy atom. The van der Waals surface area contributed by atoms with Crippen LogP contribution in [0, 0.1) is 6.92 Å². The fourth-order valence-corrected chi connectivity index (χ4v) is 2.40. The van der Waals surface area contributed by atoms with Gasteiger partial charge < -0.3 is 5.73 Å². The van der Waals surface area contributed by atoms with Crippen molar-refractivity contribution in [2.45, 2.75) is 19.8 Å². The summed E-state index contributed by atoms with van der Waals surface area (Å²) < 4.78 is 1.17. The van der Waals surface area contributed by atoms with E-state index in [1.54, 1.807) is 0 Å². The molecule has 2 aromatic carbocycles. The molecule has 0 atom stereocenters. The van der Waals surface area contributed by atoms with Crippen molar-refractivity contribution in [3.63, 3.8) is 0 Å². The molecule has 0 saturated heterocycles. The number of nitrogen functional groups attached to an aromatic ring is 1. The summed E-state index contributed by atoms with van der Waals surface area (Å²) in [6.45, 7) is 2.06. The summed E-state index contributed by atoms with van der Waals surface area (Å²) in [5, 5.41) is 0. The standard InChI is InChI=1S/C15H16BrN/c1-11-6-7-13(15(17)10-11)9-8-12-4-2-3-5-14(12)16/h2-7,10H,8-9,17H2,1H3. The predicted molar refractivity (Wildman–Crippen MR) is 77.1 cm³/mol. The summed E-state index contributed by atoms with van der Waals surface area (Å²) in [7, 11) is 0. The van der Waals surface area contributed by atoms with Crippen molar-refractivity contribution in [1.82, 2.24) is 0 Å². The molecule has 0 aliphatic carbocycles. The van der Waals surface area contributed by atoms with Gasteiger partial charge in [-0.15, -0.1) is 0 Å². The van der Waals surface area contributed by atoms with E-state index in [9.17, 15) is 0 Å². The van der Waals surface area contributed by atoms with Crippen molar-refractivity contribution in [2.75, 3.05) is 5.73 Å². The number of nitrogens with two attached hydrogens (primary N) is 1. The average molecular weight is 290 g/mol. The number of halogens is 1. The Labute approximate surface area is 111 Å². The van der Waals surface area contributed by atoms with Crippen molar-refractivity contribution in [2.24, 2.45) is 0 Å². The Hall–Kier alpha value is -1.28. The van der Waals surface area contributed by atoms with Gasteiger partial charge in [0.1, 0.15) is 0 Å². The van der Waals surface area contributed by atoms with E-state index in [1.807, 2.05) is 12.1 Å². The average Bonchev–Trinajstić information content (AvgIpc) is 2.30. The summed E-state index contributed by atoms with van der Waals surface area (Å²) >= 11 is 3.57. The van der Waals surface area contributed by atoms with Gasteiger partial charge in [0, 0.05) is 10.2 Å². The highest BCUT2D eigenvalue weighted by Gasteiger charge is 2.02. The monoisotopic (exact) mass is 289 g/mol. The molecule has 0 saturated carbocycles. The van der Waals surface area contributed by atoms with E-state index < -0.39 is 0 Å². The molecule has 17 heavy (non-hydrogen) atoms. The third kappa shape index (κ3) is 3.10. The van der Waals surface area contributed by atoms with Gasteiger partial charge in [0.15, 0.2) is 0 Å². The molecule has 0 fully saturated rings. The minimum atomic E-state index is 0.900. The van der Waals surface area contributed by atoms with Crippen LogP contribution < -0.4 is 5.73 Å². The van der Waals surface area contributed by atoms with E-state index in [1.165, 1.54) is 21.2 Å². The highest BCUT2D eigenvalue weighted by Crippen LogP contribution is 2.20. The molecule has 0 aliphatic rings. The minimum Gasteiger partial charge on any atom is -0.398 e. The first-order valence-corrected chi connectivity index (χ1v) is 6.54. The zero-order valence-corrected chi connectivity index (χ0v) is 11.5. The van der Waals surface area contributed by atoms with Crippen LogP contribution in [0.25, 0.3) is 0 Å². The van der Waals surface area contributed by atoms with Gasteiger partial charge in [-0.1, -0.05) is 46.3 Å². The van der Waals surface area contributed by atoms with Crippen LogP contribution in [0.3, 0.4) is 0 Å². The lowest BCUT2D eigenvalue weighted by atomic mass is 10.0. The van der Waals surface area contributed by atoms with E-state index in [4.69, 9.17) is 5.73 Å². The fourth-order valence-electron chi connectivity index (χ4n) is 1.91. The number of rotatable bonds is 3. The third-order valence-electron chi connectivity index (χ3n) is 2.92. The Bertz CT molecular complexity index is 520. The van der Waals surface area contributed by atoms with Crippen LogP contribution in [0.4, 0.5) is 5.69 Å². The lowest BCUT2D eigenvalue weighted by molar-refractivity contribution is 0.956. The smallest absolute Gasteiger partial charge is 0.0349 e. The Morgan fingerprint density at radius 2 is 1.71 bits per heavy atom. The topological polar surface area (TPSA) is 26.0 Å². The van der Waals surface area contributed by atoms with Gasteiger partial charge in [-0.05, 0) is 48.6 Å². The van der Waals surface area contributed by atoms with Crippen molar-refractivity contribution >= 4 is 21.6 Å². The quantitative estimate of drug-likeness (QED) is 0.845. The van der Waals surface area contributed by atoms with Gasteiger partial charge in [0.2, 0.25) is 0 Å². The largest absolute Gasteiger partial charge is 0.398 e. The number of hydrogen-bond donors (Lipinski definition) is 1. The summed E-state index contributed by atoms with van der Waals surface area (Å²) in [5.41, 5.74) is 10.7. The van der Waals surface area contributed by atoms with Gasteiger partial charge in [-0.3, -0.25) is 0 Å². The van der Waals surface area contributed by atoms with Crippen molar-refractivity contribution in [3.8, 4) is 0 Å². The zero-order chi connectivity index (χ0) is 12.3. The molecular weight excluding hydrogens is 274 g/mol. The number of anilines is 1. The van der Waals surface area contributed by atoms with Crippen LogP contribution in [-0.2, 0) is 12.8 Å². The molecule has 1 nitrogen and oxygen atoms in total. The first kappa shape index (κ1) is 12.2. The summed E-state index contributed by atoms with van der Waals surface area (Å²) in [4.78, 5) is 0. The predicted octanol–water partition coefficient (Wildman–Crippen LogP) is 4.12. The highest BCUT2D eigenvalue weighted by molar-refractivity contribution is 9.10. The van der Waals surface area contributed by atoms with E-state index in [0.29, 0.717) is 0 Å². The molecule has 2 N–H and O–H groups in total. The Morgan fingerprint density at radius 1 is 1.00 bits per heavy atom. The van der Waals surface area contributed by atoms with Crippen molar-refractivity contribution in [3.05, 3.63) is 63.6 Å². The van der Waals surface area contributed by atoms with Gasteiger partial charge in [-0.25, -0.2) is 0 Å². The molecule has 0 amide bonds. The molecule has 0 radical (unpaired) electrons. The molecule has 88 valence electrons. The van der Waals surface area contributed by atoms with E-state index >= 15 is 0 Å². The lowest BCUT2D eigenvalue weighted by Crippen LogP contribution is -1.98. The normalized spacial score (nSPS) is 10.5. The van der Waals surface area contributed by atoms with Crippen LogP contribution >= 0.6 is 15.9 Å². The summed E-state index contributed by atoms with van der Waals surface area (Å²) in [6.07, 6.45) is 1.99. The second kappa shape index (κ2) is 5.37. The van der Waals surface area contributed by atoms with Crippen LogP contribution in [0.5, 0.6) is 0 Å². The van der Waals surface area contributed by atoms with Crippen LogP contribution in [0.15, 0.2) is 46.9 Å². The maximum Gasteiger partial charge on any atom is 0.0349 e. The SMILES string of the molecule is Cc1ccc(CCc2ccccc2Br)c(N)c1. The maximum absolute atomic E-state index is 6.01. The van der Waals surface area contributed by atoms with Crippen LogP contribution in [-0.4, -0.2) is 0 Å². The van der Waals surface area contributed by atoms with E-state index in [0.717, 1.165) is 18.5 Å². The third-order valence-corrected chi connectivity index (χ3v) is 3.70. The molecule has 2 rings (SSSR count). The molecule has 2 aromatic rings. The van der Waals surface area contributed by atoms with Crippen molar-refractivity contribution in [1.29, 1.82) is 0 Å².